The summed E-state index contributed by atoms with van der Waals surface area (Å²) >= 11 is 25.3. The van der Waals surface area contributed by atoms with Crippen molar-refractivity contribution in [2.75, 3.05) is 11.2 Å². The number of nitrogens with zero attached hydrogens (tertiary/aromatic N) is 3. The maximum absolute atomic E-state index is 12.5. The van der Waals surface area contributed by atoms with Crippen molar-refractivity contribution in [2.45, 2.75) is 17.3 Å². The van der Waals surface area contributed by atoms with E-state index in [2.05, 4.69) is 15.5 Å². The van der Waals surface area contributed by atoms with Gasteiger partial charge >= 0.3 is 0 Å². The standard InChI is InChI=1S/C17H13Cl4N5OS/c1-8(16(27)23-12-5-10(19)4-11(20)6-12)28-17-25-24-15(26(17)22)13-7-9(18)2-3-14(13)21/h2-8H,22H2,1H3,(H,23,27). The highest BCUT2D eigenvalue weighted by Crippen LogP contribution is 2.31. The summed E-state index contributed by atoms with van der Waals surface area (Å²) in [5.41, 5.74) is 1.04. The largest absolute Gasteiger partial charge is 0.335 e. The molecule has 0 aliphatic rings. The minimum Gasteiger partial charge on any atom is -0.335 e. The summed E-state index contributed by atoms with van der Waals surface area (Å²) in [4.78, 5) is 12.5. The van der Waals surface area contributed by atoms with E-state index in [-0.39, 0.29) is 5.91 Å². The Hall–Kier alpha value is -1.64. The summed E-state index contributed by atoms with van der Waals surface area (Å²) < 4.78 is 1.27. The van der Waals surface area contributed by atoms with Crippen LogP contribution in [0.3, 0.4) is 0 Å². The highest BCUT2D eigenvalue weighted by atomic mass is 35.5. The predicted molar refractivity (Wildman–Crippen MR) is 116 cm³/mol. The number of amides is 1. The minimum atomic E-state index is -0.521. The van der Waals surface area contributed by atoms with Gasteiger partial charge in [-0.15, -0.1) is 10.2 Å². The first-order valence-electron chi connectivity index (χ1n) is 7.84. The van der Waals surface area contributed by atoms with Gasteiger partial charge in [-0.05, 0) is 43.3 Å². The molecule has 3 rings (SSSR count). The Labute approximate surface area is 185 Å². The van der Waals surface area contributed by atoms with Gasteiger partial charge in [0.05, 0.1) is 10.3 Å². The number of carbonyl (C=O) groups excluding carboxylic acids is 1. The van der Waals surface area contributed by atoms with Gasteiger partial charge in [0, 0.05) is 26.3 Å². The van der Waals surface area contributed by atoms with Gasteiger partial charge < -0.3 is 11.2 Å². The molecular formula is C17H13Cl4N5OS. The average Bonchev–Trinajstić information content (AvgIpc) is 2.96. The van der Waals surface area contributed by atoms with Crippen molar-refractivity contribution in [3.63, 3.8) is 0 Å². The van der Waals surface area contributed by atoms with Crippen LogP contribution in [-0.2, 0) is 4.79 Å². The summed E-state index contributed by atoms with van der Waals surface area (Å²) in [6.45, 7) is 1.72. The molecule has 0 aliphatic carbocycles. The van der Waals surface area contributed by atoms with Gasteiger partial charge in [0.1, 0.15) is 0 Å². The van der Waals surface area contributed by atoms with E-state index < -0.39 is 5.25 Å². The number of halogens is 4. The summed E-state index contributed by atoms with van der Waals surface area (Å²) in [5.74, 6) is 6.17. The number of benzene rings is 2. The molecule has 146 valence electrons. The molecule has 0 bridgehead atoms. The maximum Gasteiger partial charge on any atom is 0.237 e. The third kappa shape index (κ3) is 4.85. The van der Waals surface area contributed by atoms with E-state index in [4.69, 9.17) is 52.2 Å². The zero-order chi connectivity index (χ0) is 20.4. The van der Waals surface area contributed by atoms with E-state index in [9.17, 15) is 4.79 Å². The van der Waals surface area contributed by atoms with E-state index >= 15 is 0 Å². The molecule has 0 aliphatic heterocycles. The van der Waals surface area contributed by atoms with Gasteiger partial charge in [-0.25, -0.2) is 4.68 Å². The Kier molecular flexibility index (Phi) is 6.62. The summed E-state index contributed by atoms with van der Waals surface area (Å²) in [6, 6.07) is 9.74. The van der Waals surface area contributed by atoms with Crippen molar-refractivity contribution in [3.05, 3.63) is 56.5 Å². The maximum atomic E-state index is 12.5. The number of hydrogen-bond donors (Lipinski definition) is 2. The summed E-state index contributed by atoms with van der Waals surface area (Å²) in [5, 5.41) is 12.5. The molecule has 0 fully saturated rings. The number of nitrogens with one attached hydrogen (secondary N) is 1. The minimum absolute atomic E-state index is 0.270. The van der Waals surface area contributed by atoms with Crippen LogP contribution in [-0.4, -0.2) is 26.0 Å². The average molecular weight is 477 g/mol. The monoisotopic (exact) mass is 475 g/mol. The molecular weight excluding hydrogens is 464 g/mol. The topological polar surface area (TPSA) is 85.8 Å². The number of nitrogens with two attached hydrogens (primary N) is 1. The van der Waals surface area contributed by atoms with Crippen molar-refractivity contribution < 1.29 is 4.79 Å². The molecule has 1 aromatic heterocycles. The lowest BCUT2D eigenvalue weighted by Gasteiger charge is -2.12. The number of aromatic nitrogens is 3. The fourth-order valence-electron chi connectivity index (χ4n) is 2.29. The normalized spacial score (nSPS) is 12.0. The predicted octanol–water partition coefficient (Wildman–Crippen LogP) is 5.39. The van der Waals surface area contributed by atoms with Crippen LogP contribution in [0.1, 0.15) is 6.92 Å². The number of rotatable bonds is 5. The van der Waals surface area contributed by atoms with Gasteiger partial charge in [0.15, 0.2) is 5.82 Å². The molecule has 1 unspecified atom stereocenters. The van der Waals surface area contributed by atoms with Crippen molar-refractivity contribution in [1.82, 2.24) is 14.9 Å². The van der Waals surface area contributed by atoms with Crippen LogP contribution in [0.25, 0.3) is 11.4 Å². The van der Waals surface area contributed by atoms with Crippen molar-refractivity contribution >= 4 is 69.8 Å². The first-order chi connectivity index (χ1) is 13.2. The molecule has 2 aromatic carbocycles. The lowest BCUT2D eigenvalue weighted by atomic mass is 10.2. The fourth-order valence-corrected chi connectivity index (χ4v) is 3.96. The van der Waals surface area contributed by atoms with E-state index in [0.29, 0.717) is 42.3 Å². The molecule has 28 heavy (non-hydrogen) atoms. The Balaban J connectivity index is 1.75. The smallest absolute Gasteiger partial charge is 0.237 e. The number of thioether (sulfide) groups is 1. The van der Waals surface area contributed by atoms with Gasteiger partial charge in [0.2, 0.25) is 11.1 Å². The highest BCUT2D eigenvalue weighted by Gasteiger charge is 2.21. The van der Waals surface area contributed by atoms with Gasteiger partial charge in [-0.3, -0.25) is 4.79 Å². The molecule has 1 amide bonds. The third-order valence-corrected chi connectivity index (χ3v) is 5.67. The third-order valence-electron chi connectivity index (χ3n) is 3.62. The van der Waals surface area contributed by atoms with Gasteiger partial charge in [-0.1, -0.05) is 58.2 Å². The lowest BCUT2D eigenvalue weighted by Crippen LogP contribution is -2.23. The first-order valence-corrected chi connectivity index (χ1v) is 10.2. The molecule has 1 atom stereocenters. The van der Waals surface area contributed by atoms with Crippen LogP contribution in [0.2, 0.25) is 20.1 Å². The molecule has 1 heterocycles. The van der Waals surface area contributed by atoms with E-state index in [1.54, 1.807) is 43.3 Å². The van der Waals surface area contributed by atoms with Crippen molar-refractivity contribution in [1.29, 1.82) is 0 Å². The SMILES string of the molecule is CC(Sc1nnc(-c2cc(Cl)ccc2Cl)n1N)C(=O)Nc1cc(Cl)cc(Cl)c1. The van der Waals surface area contributed by atoms with E-state index in [1.807, 2.05) is 0 Å². The quantitative estimate of drug-likeness (QED) is 0.380. The van der Waals surface area contributed by atoms with E-state index in [0.717, 1.165) is 11.8 Å². The molecule has 11 heteroatoms. The van der Waals surface area contributed by atoms with Crippen LogP contribution in [0.15, 0.2) is 41.6 Å². The zero-order valence-corrected chi connectivity index (χ0v) is 18.1. The van der Waals surface area contributed by atoms with Gasteiger partial charge in [0.25, 0.3) is 0 Å². The van der Waals surface area contributed by atoms with Crippen molar-refractivity contribution in [2.24, 2.45) is 0 Å². The Bertz CT molecular complexity index is 1020. The second-order valence-corrected chi connectivity index (χ2v) is 8.73. The van der Waals surface area contributed by atoms with Gasteiger partial charge in [-0.2, -0.15) is 0 Å². The zero-order valence-electron chi connectivity index (χ0n) is 14.3. The van der Waals surface area contributed by atoms with Crippen LogP contribution in [0.5, 0.6) is 0 Å². The Morgan fingerprint density at radius 1 is 1.07 bits per heavy atom. The summed E-state index contributed by atoms with van der Waals surface area (Å²) in [6.07, 6.45) is 0. The first kappa shape index (κ1) is 21.1. The van der Waals surface area contributed by atoms with Crippen LogP contribution in [0, 0.1) is 0 Å². The molecule has 6 nitrogen and oxygen atoms in total. The lowest BCUT2D eigenvalue weighted by molar-refractivity contribution is -0.115. The Morgan fingerprint density at radius 2 is 1.75 bits per heavy atom. The number of hydrogen-bond acceptors (Lipinski definition) is 5. The fraction of sp³-hybridized carbons (Fsp3) is 0.118. The van der Waals surface area contributed by atoms with Crippen LogP contribution >= 0.6 is 58.2 Å². The molecule has 3 aromatic rings. The van der Waals surface area contributed by atoms with E-state index in [1.165, 1.54) is 4.68 Å². The highest BCUT2D eigenvalue weighted by molar-refractivity contribution is 8.00. The molecule has 3 N–H and O–H groups in total. The molecule has 0 spiro atoms. The van der Waals surface area contributed by atoms with Crippen molar-refractivity contribution in [3.8, 4) is 11.4 Å². The molecule has 0 saturated heterocycles. The summed E-state index contributed by atoms with van der Waals surface area (Å²) in [7, 11) is 0. The second kappa shape index (κ2) is 8.80. The van der Waals surface area contributed by atoms with Crippen LogP contribution < -0.4 is 11.2 Å². The van der Waals surface area contributed by atoms with Crippen LogP contribution in [0.4, 0.5) is 5.69 Å². The second-order valence-electron chi connectivity index (χ2n) is 5.71. The number of nitrogen functional groups attached to an aromatic ring is 1. The molecule has 0 saturated carbocycles. The number of anilines is 1. The number of carbonyl (C=O) groups is 1. The Morgan fingerprint density at radius 3 is 2.43 bits per heavy atom. The molecule has 0 radical (unpaired) electrons.